The average Bonchev–Trinajstić information content (AvgIpc) is 3.22. The van der Waals surface area contributed by atoms with Gasteiger partial charge in [-0.2, -0.15) is 4.98 Å². The number of imidazole rings is 1. The number of rotatable bonds is 8. The molecule has 1 aliphatic heterocycles. The zero-order valence-electron chi connectivity index (χ0n) is 19.0. The maximum absolute atomic E-state index is 6.27. The fourth-order valence-corrected chi connectivity index (χ4v) is 4.42. The molecule has 8 nitrogen and oxygen atoms in total. The van der Waals surface area contributed by atoms with Crippen LogP contribution in [-0.2, 0) is 0 Å². The van der Waals surface area contributed by atoms with Gasteiger partial charge in [-0.15, -0.1) is 0 Å². The first-order valence-electron chi connectivity index (χ1n) is 11.4. The number of ether oxygens (including phenoxy) is 1. The van der Waals surface area contributed by atoms with Crippen LogP contribution in [0.25, 0.3) is 11.0 Å². The molecule has 3 aromatic rings. The number of H-pyrrole nitrogens is 1. The van der Waals surface area contributed by atoms with Crippen molar-refractivity contribution in [1.29, 1.82) is 0 Å². The third-order valence-corrected chi connectivity index (χ3v) is 6.27. The Bertz CT molecular complexity index is 1100. The van der Waals surface area contributed by atoms with Gasteiger partial charge in [-0.3, -0.25) is 0 Å². The van der Waals surface area contributed by atoms with Crippen LogP contribution in [0.4, 0.5) is 11.8 Å². The second-order valence-electron chi connectivity index (χ2n) is 8.89. The summed E-state index contributed by atoms with van der Waals surface area (Å²) in [5, 5.41) is 3.80. The Morgan fingerprint density at radius 3 is 2.88 bits per heavy atom. The van der Waals surface area contributed by atoms with Crippen LogP contribution in [0.15, 0.2) is 48.6 Å². The van der Waals surface area contributed by atoms with Crippen molar-refractivity contribution in [1.82, 2.24) is 25.3 Å². The molecule has 2 aromatic heterocycles. The summed E-state index contributed by atoms with van der Waals surface area (Å²) in [4.78, 5) is 20.7. The highest BCUT2D eigenvalue weighted by molar-refractivity contribution is 5.81. The van der Waals surface area contributed by atoms with Gasteiger partial charge in [-0.05, 0) is 37.5 Å². The highest BCUT2D eigenvalue weighted by Crippen LogP contribution is 2.37. The van der Waals surface area contributed by atoms with Crippen molar-refractivity contribution in [2.45, 2.75) is 38.3 Å². The van der Waals surface area contributed by atoms with Crippen LogP contribution in [0.1, 0.15) is 26.2 Å². The number of hydrogen-bond acceptors (Lipinski definition) is 7. The highest BCUT2D eigenvalue weighted by Gasteiger charge is 2.36. The lowest BCUT2D eigenvalue weighted by Crippen LogP contribution is -2.59. The lowest BCUT2D eigenvalue weighted by molar-refractivity contribution is 0.0781. The predicted molar refractivity (Wildman–Crippen MR) is 127 cm³/mol. The molecular weight excluding hydrogens is 402 g/mol. The van der Waals surface area contributed by atoms with Crippen molar-refractivity contribution in [3.63, 3.8) is 0 Å². The molecule has 32 heavy (non-hydrogen) atoms. The van der Waals surface area contributed by atoms with Gasteiger partial charge in [0.1, 0.15) is 23.2 Å². The minimum Gasteiger partial charge on any atom is -0.488 e. The Morgan fingerprint density at radius 1 is 1.25 bits per heavy atom. The summed E-state index contributed by atoms with van der Waals surface area (Å²) in [7, 11) is 3.93. The first kappa shape index (κ1) is 20.6. The van der Waals surface area contributed by atoms with E-state index in [4.69, 9.17) is 4.74 Å². The molecule has 2 aliphatic rings. The van der Waals surface area contributed by atoms with E-state index in [1.165, 1.54) is 5.70 Å². The first-order chi connectivity index (χ1) is 15.6. The second-order valence-corrected chi connectivity index (χ2v) is 8.89. The molecule has 2 fully saturated rings. The summed E-state index contributed by atoms with van der Waals surface area (Å²) in [6.45, 7) is 4.11. The number of nitrogens with one attached hydrogen (secondary N) is 2. The number of allylic oxidation sites excluding steroid dienone is 2. The molecule has 1 aromatic carbocycles. The van der Waals surface area contributed by atoms with E-state index >= 15 is 0 Å². The fourth-order valence-electron chi connectivity index (χ4n) is 4.42. The summed E-state index contributed by atoms with van der Waals surface area (Å²) < 4.78 is 6.27. The molecule has 0 atom stereocenters. The number of nitrogens with zero attached hydrogens (tertiary/aromatic N) is 5. The maximum Gasteiger partial charge on any atom is 0.226 e. The summed E-state index contributed by atoms with van der Waals surface area (Å²) in [6, 6.07) is 8.48. The Kier molecular flexibility index (Phi) is 5.59. The molecule has 3 heterocycles. The van der Waals surface area contributed by atoms with Crippen LogP contribution in [-0.4, -0.2) is 59.3 Å². The van der Waals surface area contributed by atoms with E-state index in [-0.39, 0.29) is 6.10 Å². The maximum atomic E-state index is 6.27. The molecule has 1 saturated carbocycles. The molecule has 2 N–H and O–H groups in total. The lowest BCUT2D eigenvalue weighted by Gasteiger charge is -2.44. The number of para-hydroxylation sites is 1. The lowest BCUT2D eigenvalue weighted by atomic mass is 9.79. The molecule has 5 rings (SSSR count). The Morgan fingerprint density at radius 2 is 2.09 bits per heavy atom. The van der Waals surface area contributed by atoms with Crippen molar-refractivity contribution in [2.75, 3.05) is 37.0 Å². The van der Waals surface area contributed by atoms with Crippen LogP contribution in [0.2, 0.25) is 0 Å². The van der Waals surface area contributed by atoms with Gasteiger partial charge in [0.05, 0.1) is 17.9 Å². The topological polar surface area (TPSA) is 82.2 Å². The zero-order chi connectivity index (χ0) is 22.1. The molecule has 8 heteroatoms. The summed E-state index contributed by atoms with van der Waals surface area (Å²) in [6.07, 6.45) is 9.24. The molecule has 1 saturated heterocycles. The van der Waals surface area contributed by atoms with E-state index in [1.54, 1.807) is 6.33 Å². The van der Waals surface area contributed by atoms with Gasteiger partial charge in [0.2, 0.25) is 5.95 Å². The van der Waals surface area contributed by atoms with Gasteiger partial charge in [-0.25, -0.2) is 9.97 Å². The van der Waals surface area contributed by atoms with Crippen LogP contribution in [0, 0.1) is 5.92 Å². The third kappa shape index (κ3) is 4.09. The molecule has 0 bridgehead atoms. The Labute approximate surface area is 188 Å². The molecule has 0 radical (unpaired) electrons. The predicted octanol–water partition coefficient (Wildman–Crippen LogP) is 3.35. The number of aromatic nitrogens is 4. The van der Waals surface area contributed by atoms with Gasteiger partial charge < -0.3 is 24.8 Å². The quantitative estimate of drug-likeness (QED) is 0.564. The number of hydrogen-bond donors (Lipinski definition) is 2. The van der Waals surface area contributed by atoms with Crippen molar-refractivity contribution in [3.05, 3.63) is 48.6 Å². The van der Waals surface area contributed by atoms with Crippen LogP contribution in [0.3, 0.4) is 0 Å². The molecule has 168 valence electrons. The second kappa shape index (κ2) is 8.68. The fraction of sp³-hybridized carbons (Fsp3) is 0.458. The van der Waals surface area contributed by atoms with E-state index < -0.39 is 0 Å². The minimum absolute atomic E-state index is 0.243. The SMILES string of the molecule is CC/C=C(/NC1CN(c2ccnc(N(C)C)n2)C1)C1CC(Oc2cccc3[nH]cnc23)C1. The normalized spacial score (nSPS) is 21.2. The monoisotopic (exact) mass is 433 g/mol. The number of benzene rings is 1. The van der Waals surface area contributed by atoms with E-state index in [2.05, 4.69) is 43.2 Å². The molecular formula is C24H31N7O. The first-order valence-corrected chi connectivity index (χ1v) is 11.4. The summed E-state index contributed by atoms with van der Waals surface area (Å²) >= 11 is 0. The smallest absolute Gasteiger partial charge is 0.226 e. The van der Waals surface area contributed by atoms with E-state index in [9.17, 15) is 0 Å². The molecule has 1 aliphatic carbocycles. The minimum atomic E-state index is 0.243. The van der Waals surface area contributed by atoms with E-state index in [1.807, 2.05) is 49.5 Å². The van der Waals surface area contributed by atoms with Crippen LogP contribution >= 0.6 is 0 Å². The largest absolute Gasteiger partial charge is 0.488 e. The Balaban J connectivity index is 1.14. The van der Waals surface area contributed by atoms with Crippen LogP contribution < -0.4 is 19.9 Å². The number of anilines is 2. The van der Waals surface area contributed by atoms with Gasteiger partial charge in [0, 0.05) is 45.0 Å². The number of fused-ring (bicyclic) bond motifs is 1. The highest BCUT2D eigenvalue weighted by atomic mass is 16.5. The molecule has 0 spiro atoms. The van der Waals surface area contributed by atoms with Crippen molar-refractivity contribution in [2.24, 2.45) is 5.92 Å². The number of aromatic amines is 1. The summed E-state index contributed by atoms with van der Waals surface area (Å²) in [5.41, 5.74) is 3.30. The van der Waals surface area contributed by atoms with Gasteiger partial charge in [-0.1, -0.05) is 19.1 Å². The molecule has 0 amide bonds. The van der Waals surface area contributed by atoms with Crippen molar-refractivity contribution >= 4 is 22.8 Å². The third-order valence-electron chi connectivity index (χ3n) is 6.27. The van der Waals surface area contributed by atoms with Gasteiger partial charge >= 0.3 is 0 Å². The van der Waals surface area contributed by atoms with Crippen molar-refractivity contribution in [3.8, 4) is 5.75 Å². The van der Waals surface area contributed by atoms with Crippen molar-refractivity contribution < 1.29 is 4.74 Å². The summed E-state index contributed by atoms with van der Waals surface area (Å²) in [5.74, 6) is 3.15. The van der Waals surface area contributed by atoms with Gasteiger partial charge in [0.25, 0.3) is 0 Å². The van der Waals surface area contributed by atoms with E-state index in [0.29, 0.717) is 12.0 Å². The van der Waals surface area contributed by atoms with Gasteiger partial charge in [0.15, 0.2) is 0 Å². The van der Waals surface area contributed by atoms with E-state index in [0.717, 1.165) is 60.9 Å². The average molecular weight is 434 g/mol. The molecule has 0 unspecified atom stereocenters. The zero-order valence-corrected chi connectivity index (χ0v) is 19.0. The standard InChI is InChI=1S/C24H31N7O/c1-4-6-19(28-17-13-31(14-17)22-9-10-25-24(29-22)30(2)3)16-11-18(12-16)32-21-8-5-7-20-23(21)27-15-26-20/h5-10,15-18,28H,4,11-14H2,1-3H3,(H,26,27)/b19-6+. The Hall–Kier alpha value is -3.29. The van der Waals surface area contributed by atoms with Crippen LogP contribution in [0.5, 0.6) is 5.75 Å².